The van der Waals surface area contributed by atoms with E-state index in [1.54, 1.807) is 7.11 Å². The zero-order valence-corrected chi connectivity index (χ0v) is 13.8. The lowest BCUT2D eigenvalue weighted by molar-refractivity contribution is 0.415. The molecule has 0 spiro atoms. The summed E-state index contributed by atoms with van der Waals surface area (Å²) in [5.74, 6) is 0.842. The molecule has 3 nitrogen and oxygen atoms in total. The highest BCUT2D eigenvalue weighted by molar-refractivity contribution is 6.12. The fourth-order valence-electron chi connectivity index (χ4n) is 3.48. The summed E-state index contributed by atoms with van der Waals surface area (Å²) >= 11 is 0. The molecule has 120 valence electrons. The molecule has 0 aliphatic heterocycles. The smallest absolute Gasteiger partial charge is 0.146 e. The van der Waals surface area contributed by atoms with Crippen LogP contribution in [0.25, 0.3) is 38.6 Å². The maximum atomic E-state index is 5.44. The Hall–Kier alpha value is -3.33. The van der Waals surface area contributed by atoms with Gasteiger partial charge in [0.2, 0.25) is 0 Å². The molecule has 3 aromatic carbocycles. The van der Waals surface area contributed by atoms with Crippen LogP contribution in [-0.2, 0) is 0 Å². The van der Waals surface area contributed by atoms with Gasteiger partial charge in [0, 0.05) is 22.5 Å². The predicted octanol–water partition coefficient (Wildman–Crippen LogP) is 5.32. The van der Waals surface area contributed by atoms with Crippen LogP contribution in [0.3, 0.4) is 0 Å². The third-order valence-electron chi connectivity index (χ3n) is 4.70. The van der Waals surface area contributed by atoms with E-state index < -0.39 is 0 Å². The van der Waals surface area contributed by atoms with Crippen molar-refractivity contribution in [3.63, 3.8) is 0 Å². The van der Waals surface area contributed by atoms with Gasteiger partial charge in [-0.05, 0) is 29.7 Å². The normalized spacial score (nSPS) is 11.4. The number of aromatic nitrogens is 2. The molecule has 2 aromatic heterocycles. The lowest BCUT2D eigenvalue weighted by Gasteiger charge is -2.09. The monoisotopic (exact) mass is 324 g/mol. The first-order chi connectivity index (χ1) is 12.3. The first-order valence-corrected chi connectivity index (χ1v) is 8.28. The quantitative estimate of drug-likeness (QED) is 0.411. The summed E-state index contributed by atoms with van der Waals surface area (Å²) in [6, 6.07) is 24.9. The van der Waals surface area contributed by atoms with Crippen LogP contribution in [0, 0.1) is 0 Å². The van der Waals surface area contributed by atoms with Crippen molar-refractivity contribution in [2.24, 2.45) is 0 Å². The number of nitrogens with zero attached hydrogens (tertiary/aromatic N) is 2. The molecular weight excluding hydrogens is 308 g/mol. The van der Waals surface area contributed by atoms with Gasteiger partial charge in [0.05, 0.1) is 18.3 Å². The van der Waals surface area contributed by atoms with E-state index in [4.69, 9.17) is 9.72 Å². The minimum atomic E-state index is 0.842. The number of methoxy groups -OCH3 is 1. The number of pyridine rings is 1. The Bertz CT molecular complexity index is 1220. The Morgan fingerprint density at radius 1 is 0.800 bits per heavy atom. The van der Waals surface area contributed by atoms with Crippen molar-refractivity contribution < 1.29 is 4.74 Å². The summed E-state index contributed by atoms with van der Waals surface area (Å²) in [4.78, 5) is 4.94. The number of fused-ring (bicyclic) bond motifs is 6. The zero-order valence-electron chi connectivity index (χ0n) is 13.8. The molecule has 0 atom stereocenters. The molecule has 3 heteroatoms. The molecule has 5 aromatic rings. The Kier molecular flexibility index (Phi) is 3.01. The van der Waals surface area contributed by atoms with Gasteiger partial charge in [0.1, 0.15) is 11.4 Å². The van der Waals surface area contributed by atoms with Crippen molar-refractivity contribution in [3.05, 3.63) is 79.0 Å². The first-order valence-electron chi connectivity index (χ1n) is 8.28. The van der Waals surface area contributed by atoms with E-state index in [1.807, 2.05) is 24.3 Å². The van der Waals surface area contributed by atoms with Gasteiger partial charge in [-0.2, -0.15) is 0 Å². The number of benzene rings is 3. The van der Waals surface area contributed by atoms with Gasteiger partial charge in [-0.1, -0.05) is 48.5 Å². The van der Waals surface area contributed by atoms with Crippen LogP contribution < -0.4 is 4.74 Å². The average molecular weight is 324 g/mol. The maximum absolute atomic E-state index is 5.44. The minimum absolute atomic E-state index is 0.842. The highest BCUT2D eigenvalue weighted by Gasteiger charge is 2.13. The molecule has 0 amide bonds. The highest BCUT2D eigenvalue weighted by Crippen LogP contribution is 2.33. The van der Waals surface area contributed by atoms with E-state index in [1.165, 1.54) is 10.8 Å². The van der Waals surface area contributed by atoms with Gasteiger partial charge in [-0.15, -0.1) is 0 Å². The average Bonchev–Trinajstić information content (AvgIpc) is 3.14. The van der Waals surface area contributed by atoms with E-state index in [-0.39, 0.29) is 0 Å². The molecular formula is C22H16N2O. The van der Waals surface area contributed by atoms with Crippen LogP contribution in [0.4, 0.5) is 0 Å². The molecule has 0 unspecified atom stereocenters. The fourth-order valence-corrected chi connectivity index (χ4v) is 3.48. The fraction of sp³-hybridized carbons (Fsp3) is 0.0455. The zero-order chi connectivity index (χ0) is 16.8. The maximum Gasteiger partial charge on any atom is 0.146 e. The van der Waals surface area contributed by atoms with E-state index in [2.05, 4.69) is 59.1 Å². The molecule has 0 radical (unpaired) electrons. The number of hydrogen-bond donors (Lipinski definition) is 0. The summed E-state index contributed by atoms with van der Waals surface area (Å²) in [5, 5.41) is 3.50. The van der Waals surface area contributed by atoms with Crippen LogP contribution >= 0.6 is 0 Å². The molecule has 0 fully saturated rings. The highest BCUT2D eigenvalue weighted by atomic mass is 16.5. The molecule has 0 aliphatic carbocycles. The van der Waals surface area contributed by atoms with Crippen molar-refractivity contribution in [2.75, 3.05) is 7.11 Å². The molecule has 0 bridgehead atoms. The number of rotatable bonds is 2. The predicted molar refractivity (Wildman–Crippen MR) is 102 cm³/mol. The van der Waals surface area contributed by atoms with Gasteiger partial charge in [0.25, 0.3) is 0 Å². The van der Waals surface area contributed by atoms with Crippen LogP contribution in [0.1, 0.15) is 0 Å². The van der Waals surface area contributed by atoms with Gasteiger partial charge in [0.15, 0.2) is 0 Å². The lowest BCUT2D eigenvalue weighted by Crippen LogP contribution is -1.91. The first kappa shape index (κ1) is 14.1. The second kappa shape index (κ2) is 5.35. The SMILES string of the molecule is COc1ccc2c3ccccc3n3cc(-c4ccccc4)nc3c2c1. The molecule has 2 heterocycles. The summed E-state index contributed by atoms with van der Waals surface area (Å²) in [6.45, 7) is 0. The molecule has 0 aliphatic rings. The van der Waals surface area contributed by atoms with Gasteiger partial charge >= 0.3 is 0 Å². The van der Waals surface area contributed by atoms with Crippen LogP contribution in [0.5, 0.6) is 5.75 Å². The Balaban J connectivity index is 1.96. The topological polar surface area (TPSA) is 26.5 Å². The standard InChI is InChI=1S/C22H16N2O/c1-25-16-11-12-17-18-9-5-6-10-21(18)24-14-20(15-7-3-2-4-8-15)23-22(24)19(17)13-16/h2-14H,1H3. The van der Waals surface area contributed by atoms with Gasteiger partial charge in [-0.3, -0.25) is 4.40 Å². The number of ether oxygens (including phenoxy) is 1. The second-order valence-corrected chi connectivity index (χ2v) is 6.11. The van der Waals surface area contributed by atoms with Crippen LogP contribution in [-0.4, -0.2) is 16.5 Å². The van der Waals surface area contributed by atoms with Gasteiger partial charge in [-0.25, -0.2) is 4.98 Å². The van der Waals surface area contributed by atoms with Crippen molar-refractivity contribution in [1.29, 1.82) is 0 Å². The van der Waals surface area contributed by atoms with Crippen LogP contribution in [0.2, 0.25) is 0 Å². The number of hydrogen-bond acceptors (Lipinski definition) is 2. The largest absolute Gasteiger partial charge is 0.497 e. The van der Waals surface area contributed by atoms with E-state index in [0.29, 0.717) is 0 Å². The summed E-state index contributed by atoms with van der Waals surface area (Å²) in [6.07, 6.45) is 2.12. The molecule has 25 heavy (non-hydrogen) atoms. The molecule has 0 saturated heterocycles. The van der Waals surface area contributed by atoms with E-state index in [9.17, 15) is 0 Å². The van der Waals surface area contributed by atoms with Crippen molar-refractivity contribution in [3.8, 4) is 17.0 Å². The van der Waals surface area contributed by atoms with Crippen LogP contribution in [0.15, 0.2) is 79.0 Å². The molecule has 0 N–H and O–H groups in total. The lowest BCUT2D eigenvalue weighted by atomic mass is 10.1. The van der Waals surface area contributed by atoms with Crippen molar-refractivity contribution >= 4 is 27.3 Å². The molecule has 5 rings (SSSR count). The van der Waals surface area contributed by atoms with Gasteiger partial charge < -0.3 is 4.74 Å². The number of imidazole rings is 1. The summed E-state index contributed by atoms with van der Waals surface area (Å²) in [5.41, 5.74) is 4.20. The van der Waals surface area contributed by atoms with E-state index in [0.717, 1.165) is 33.6 Å². The van der Waals surface area contributed by atoms with Crippen molar-refractivity contribution in [1.82, 2.24) is 9.38 Å². The van der Waals surface area contributed by atoms with Crippen molar-refractivity contribution in [2.45, 2.75) is 0 Å². The third kappa shape index (κ3) is 2.09. The van der Waals surface area contributed by atoms with E-state index >= 15 is 0 Å². The Morgan fingerprint density at radius 3 is 2.44 bits per heavy atom. The third-order valence-corrected chi connectivity index (χ3v) is 4.70. The Morgan fingerprint density at radius 2 is 1.60 bits per heavy atom. The summed E-state index contributed by atoms with van der Waals surface area (Å²) in [7, 11) is 1.69. The molecule has 0 saturated carbocycles. The minimum Gasteiger partial charge on any atom is -0.497 e. The Labute approximate surface area is 145 Å². The summed E-state index contributed by atoms with van der Waals surface area (Å²) < 4.78 is 7.62. The number of para-hydroxylation sites is 1. The second-order valence-electron chi connectivity index (χ2n) is 6.11.